The Balaban J connectivity index is 0.00000256. The molecule has 1 aromatic rings. The lowest BCUT2D eigenvalue weighted by Crippen LogP contribution is -2.30. The van der Waals surface area contributed by atoms with Gasteiger partial charge in [-0.3, -0.25) is 4.79 Å². The average molecular weight is 322 g/mol. The summed E-state index contributed by atoms with van der Waals surface area (Å²) in [5.74, 6) is 0.111. The molecule has 0 saturated heterocycles. The second-order valence-electron chi connectivity index (χ2n) is 3.73. The fourth-order valence-electron chi connectivity index (χ4n) is 1.39. The maximum atomic E-state index is 11.5. The zero-order valence-corrected chi connectivity index (χ0v) is 12.3. The first kappa shape index (κ1) is 16.4. The van der Waals surface area contributed by atoms with Gasteiger partial charge in [-0.2, -0.15) is 0 Å². The molecule has 5 heteroatoms. The standard InChI is InChI=1S/C12H17BrN2O.ClH/c1-15(12(16)6-8-14)9-7-10-2-4-11(13)5-3-10;/h2-5H,6-9,14H2,1H3;1H. The lowest BCUT2D eigenvalue weighted by molar-refractivity contribution is -0.129. The van der Waals surface area contributed by atoms with Crippen molar-refractivity contribution in [1.29, 1.82) is 0 Å². The zero-order chi connectivity index (χ0) is 12.0. The van der Waals surface area contributed by atoms with Crippen molar-refractivity contribution in [2.75, 3.05) is 20.1 Å². The van der Waals surface area contributed by atoms with Gasteiger partial charge in [0.25, 0.3) is 0 Å². The number of carbonyl (C=O) groups excluding carboxylic acids is 1. The Kier molecular flexibility index (Phi) is 8.21. The molecule has 17 heavy (non-hydrogen) atoms. The van der Waals surface area contributed by atoms with Crippen LogP contribution in [-0.2, 0) is 11.2 Å². The normalized spacial score (nSPS) is 9.59. The Bertz CT molecular complexity index is 343. The van der Waals surface area contributed by atoms with Crippen molar-refractivity contribution in [3.05, 3.63) is 34.3 Å². The molecule has 0 aromatic heterocycles. The van der Waals surface area contributed by atoms with Crippen molar-refractivity contribution in [2.24, 2.45) is 5.73 Å². The van der Waals surface area contributed by atoms with Gasteiger partial charge in [-0.25, -0.2) is 0 Å². The van der Waals surface area contributed by atoms with Crippen molar-refractivity contribution in [3.63, 3.8) is 0 Å². The highest BCUT2D eigenvalue weighted by Crippen LogP contribution is 2.11. The fourth-order valence-corrected chi connectivity index (χ4v) is 1.65. The summed E-state index contributed by atoms with van der Waals surface area (Å²) in [7, 11) is 1.82. The summed E-state index contributed by atoms with van der Waals surface area (Å²) in [6.07, 6.45) is 1.30. The van der Waals surface area contributed by atoms with Crippen LogP contribution in [0, 0.1) is 0 Å². The van der Waals surface area contributed by atoms with E-state index in [1.54, 1.807) is 4.90 Å². The highest BCUT2D eigenvalue weighted by atomic mass is 79.9. The minimum atomic E-state index is 0. The number of rotatable bonds is 5. The number of amides is 1. The Hall–Kier alpha value is -0.580. The average Bonchev–Trinajstić information content (AvgIpc) is 2.28. The van der Waals surface area contributed by atoms with Gasteiger partial charge in [-0.05, 0) is 24.1 Å². The lowest BCUT2D eigenvalue weighted by atomic mass is 10.1. The Morgan fingerprint density at radius 3 is 2.47 bits per heavy atom. The predicted molar refractivity (Wildman–Crippen MR) is 76.4 cm³/mol. The number of likely N-dealkylation sites (N-methyl/N-ethyl adjacent to an activating group) is 1. The number of hydrogen-bond donors (Lipinski definition) is 1. The first-order valence-corrected chi connectivity index (χ1v) is 6.11. The van der Waals surface area contributed by atoms with Crippen LogP contribution < -0.4 is 5.73 Å². The highest BCUT2D eigenvalue weighted by Gasteiger charge is 2.06. The minimum Gasteiger partial charge on any atom is -0.345 e. The van der Waals surface area contributed by atoms with Crippen molar-refractivity contribution in [3.8, 4) is 0 Å². The number of hydrogen-bond acceptors (Lipinski definition) is 2. The van der Waals surface area contributed by atoms with E-state index >= 15 is 0 Å². The molecule has 0 heterocycles. The highest BCUT2D eigenvalue weighted by molar-refractivity contribution is 9.10. The summed E-state index contributed by atoms with van der Waals surface area (Å²) >= 11 is 3.39. The quantitative estimate of drug-likeness (QED) is 0.904. The second kappa shape index (κ2) is 8.50. The minimum absolute atomic E-state index is 0. The maximum absolute atomic E-state index is 11.5. The predicted octanol–water partition coefficient (Wildman–Crippen LogP) is 2.22. The summed E-state index contributed by atoms with van der Waals surface area (Å²) in [4.78, 5) is 13.2. The number of carbonyl (C=O) groups is 1. The van der Waals surface area contributed by atoms with Gasteiger partial charge < -0.3 is 10.6 Å². The smallest absolute Gasteiger partial charge is 0.223 e. The third-order valence-electron chi connectivity index (χ3n) is 2.43. The SMILES string of the molecule is CN(CCc1ccc(Br)cc1)C(=O)CCN.Cl. The molecule has 0 spiro atoms. The molecule has 2 N–H and O–H groups in total. The molecule has 0 saturated carbocycles. The number of benzene rings is 1. The third-order valence-corrected chi connectivity index (χ3v) is 2.96. The van der Waals surface area contributed by atoms with Crippen LogP contribution in [0.3, 0.4) is 0 Å². The van der Waals surface area contributed by atoms with Crippen LogP contribution in [0.4, 0.5) is 0 Å². The van der Waals surface area contributed by atoms with Crippen LogP contribution in [0.5, 0.6) is 0 Å². The van der Waals surface area contributed by atoms with Crippen LogP contribution in [0.15, 0.2) is 28.7 Å². The number of nitrogens with two attached hydrogens (primary N) is 1. The summed E-state index contributed by atoms with van der Waals surface area (Å²) in [5, 5.41) is 0. The Labute approximate surface area is 117 Å². The monoisotopic (exact) mass is 320 g/mol. The molecule has 1 rings (SSSR count). The molecule has 0 unspecified atom stereocenters. The lowest BCUT2D eigenvalue weighted by Gasteiger charge is -2.16. The molecular formula is C12H18BrClN2O. The van der Waals surface area contributed by atoms with Gasteiger partial charge in [0, 0.05) is 31.0 Å². The Morgan fingerprint density at radius 2 is 1.94 bits per heavy atom. The first-order valence-electron chi connectivity index (χ1n) is 5.32. The molecule has 0 aliphatic heterocycles. The first-order chi connectivity index (χ1) is 7.63. The molecule has 96 valence electrons. The van der Waals surface area contributed by atoms with Crippen LogP contribution >= 0.6 is 28.3 Å². The summed E-state index contributed by atoms with van der Waals surface area (Å²) in [6, 6.07) is 8.14. The van der Waals surface area contributed by atoms with E-state index in [9.17, 15) is 4.79 Å². The molecule has 0 aliphatic rings. The zero-order valence-electron chi connectivity index (χ0n) is 9.86. The summed E-state index contributed by atoms with van der Waals surface area (Å²) in [5.41, 5.74) is 6.57. The second-order valence-corrected chi connectivity index (χ2v) is 4.65. The number of nitrogens with zero attached hydrogens (tertiary/aromatic N) is 1. The summed E-state index contributed by atoms with van der Waals surface area (Å²) in [6.45, 7) is 1.15. The van der Waals surface area contributed by atoms with E-state index in [0.717, 1.165) is 17.4 Å². The van der Waals surface area contributed by atoms with Crippen LogP contribution in [0.1, 0.15) is 12.0 Å². The van der Waals surface area contributed by atoms with Gasteiger partial charge in [0.15, 0.2) is 0 Å². The fraction of sp³-hybridized carbons (Fsp3) is 0.417. The molecule has 0 aliphatic carbocycles. The van der Waals surface area contributed by atoms with E-state index < -0.39 is 0 Å². The topological polar surface area (TPSA) is 46.3 Å². The van der Waals surface area contributed by atoms with Crippen molar-refractivity contribution >= 4 is 34.2 Å². The molecule has 3 nitrogen and oxygen atoms in total. The van der Waals surface area contributed by atoms with Crippen molar-refractivity contribution in [1.82, 2.24) is 4.90 Å². The van der Waals surface area contributed by atoms with Crippen molar-refractivity contribution < 1.29 is 4.79 Å². The van der Waals surface area contributed by atoms with Crippen LogP contribution in [0.25, 0.3) is 0 Å². The molecular weight excluding hydrogens is 304 g/mol. The number of halogens is 2. The van der Waals surface area contributed by atoms with E-state index in [0.29, 0.717) is 13.0 Å². The molecule has 1 amide bonds. The van der Waals surface area contributed by atoms with E-state index in [2.05, 4.69) is 28.1 Å². The van der Waals surface area contributed by atoms with Crippen LogP contribution in [0.2, 0.25) is 0 Å². The van der Waals surface area contributed by atoms with Crippen molar-refractivity contribution in [2.45, 2.75) is 12.8 Å². The van der Waals surface area contributed by atoms with Gasteiger partial charge in [-0.1, -0.05) is 28.1 Å². The van der Waals surface area contributed by atoms with Gasteiger partial charge in [-0.15, -0.1) is 12.4 Å². The molecule has 0 bridgehead atoms. The van der Waals surface area contributed by atoms with Gasteiger partial charge in [0.1, 0.15) is 0 Å². The maximum Gasteiger partial charge on any atom is 0.223 e. The van der Waals surface area contributed by atoms with E-state index in [1.165, 1.54) is 5.56 Å². The molecule has 0 fully saturated rings. The third kappa shape index (κ3) is 6.05. The summed E-state index contributed by atoms with van der Waals surface area (Å²) < 4.78 is 1.07. The van der Waals surface area contributed by atoms with Gasteiger partial charge in [0.2, 0.25) is 5.91 Å². The van der Waals surface area contributed by atoms with E-state index in [4.69, 9.17) is 5.73 Å². The van der Waals surface area contributed by atoms with Gasteiger partial charge >= 0.3 is 0 Å². The van der Waals surface area contributed by atoms with E-state index in [-0.39, 0.29) is 18.3 Å². The largest absolute Gasteiger partial charge is 0.345 e. The molecule has 1 aromatic carbocycles. The van der Waals surface area contributed by atoms with E-state index in [1.807, 2.05) is 19.2 Å². The molecule has 0 atom stereocenters. The van der Waals surface area contributed by atoms with Crippen LogP contribution in [-0.4, -0.2) is 30.9 Å². The van der Waals surface area contributed by atoms with Gasteiger partial charge in [0.05, 0.1) is 0 Å². The Morgan fingerprint density at radius 1 is 1.35 bits per heavy atom. The molecule has 0 radical (unpaired) electrons.